The van der Waals surface area contributed by atoms with E-state index in [2.05, 4.69) is 126 Å². The zero-order chi connectivity index (χ0) is 37.5. The van der Waals surface area contributed by atoms with Crippen LogP contribution in [0.5, 0.6) is 0 Å². The lowest BCUT2D eigenvalue weighted by atomic mass is 10.00. The highest BCUT2D eigenvalue weighted by Crippen LogP contribution is 2.43. The van der Waals surface area contributed by atoms with Crippen LogP contribution in [0, 0.1) is 0 Å². The molecular formula is C51H30N4S2. The third-order valence-corrected chi connectivity index (χ3v) is 13.3. The van der Waals surface area contributed by atoms with E-state index in [4.69, 9.17) is 15.0 Å². The molecule has 0 saturated carbocycles. The molecule has 0 radical (unpaired) electrons. The topological polar surface area (TPSA) is 43.6 Å². The Morgan fingerprint density at radius 1 is 0.298 bits per heavy atom. The van der Waals surface area contributed by atoms with E-state index in [0.717, 1.165) is 16.7 Å². The minimum Gasteiger partial charge on any atom is -0.309 e. The van der Waals surface area contributed by atoms with Gasteiger partial charge < -0.3 is 4.57 Å². The van der Waals surface area contributed by atoms with E-state index in [1.165, 1.54) is 79.0 Å². The molecule has 0 fully saturated rings. The molecule has 12 rings (SSSR count). The average Bonchev–Trinajstić information content (AvgIpc) is 3.94. The monoisotopic (exact) mass is 762 g/mol. The minimum atomic E-state index is 0.664. The lowest BCUT2D eigenvalue weighted by Gasteiger charge is -2.09. The summed E-state index contributed by atoms with van der Waals surface area (Å²) in [4.78, 5) is 14.9. The highest BCUT2D eigenvalue weighted by atomic mass is 32.1. The molecule has 0 unspecified atom stereocenters. The first-order valence-electron chi connectivity index (χ1n) is 19.0. The number of hydrogen-bond acceptors (Lipinski definition) is 5. The van der Waals surface area contributed by atoms with Crippen molar-refractivity contribution in [3.05, 3.63) is 182 Å². The molecule has 4 nitrogen and oxygen atoms in total. The van der Waals surface area contributed by atoms with Gasteiger partial charge in [-0.3, -0.25) is 0 Å². The summed E-state index contributed by atoms with van der Waals surface area (Å²) in [5.41, 5.74) is 8.91. The van der Waals surface area contributed by atoms with Crippen molar-refractivity contribution in [3.63, 3.8) is 0 Å². The Morgan fingerprint density at radius 2 is 0.807 bits per heavy atom. The van der Waals surface area contributed by atoms with Gasteiger partial charge in [0.2, 0.25) is 0 Å². The number of fused-ring (bicyclic) bond motifs is 9. The molecule has 4 aromatic heterocycles. The normalized spacial score (nSPS) is 11.9. The van der Waals surface area contributed by atoms with Crippen molar-refractivity contribution < 1.29 is 0 Å². The van der Waals surface area contributed by atoms with Crippen molar-refractivity contribution in [2.75, 3.05) is 0 Å². The maximum absolute atomic E-state index is 4.99. The van der Waals surface area contributed by atoms with Crippen molar-refractivity contribution in [2.45, 2.75) is 0 Å². The molecule has 12 aromatic rings. The van der Waals surface area contributed by atoms with Crippen LogP contribution in [0.15, 0.2) is 182 Å². The molecule has 4 heterocycles. The van der Waals surface area contributed by atoms with Gasteiger partial charge in [0, 0.05) is 73.5 Å². The Morgan fingerprint density at radius 3 is 1.53 bits per heavy atom. The second-order valence-corrected chi connectivity index (χ2v) is 16.6. The number of benzene rings is 8. The zero-order valence-corrected chi connectivity index (χ0v) is 32.1. The lowest BCUT2D eigenvalue weighted by Crippen LogP contribution is -1.99. The molecule has 6 heteroatoms. The first-order chi connectivity index (χ1) is 28.2. The van der Waals surface area contributed by atoms with E-state index < -0.39 is 0 Å². The van der Waals surface area contributed by atoms with Crippen molar-refractivity contribution in [1.82, 2.24) is 19.5 Å². The molecular weight excluding hydrogens is 733 g/mol. The van der Waals surface area contributed by atoms with Crippen LogP contribution in [0.1, 0.15) is 0 Å². The fourth-order valence-corrected chi connectivity index (χ4v) is 10.6. The van der Waals surface area contributed by atoms with Crippen molar-refractivity contribution >= 4 is 84.8 Å². The van der Waals surface area contributed by atoms with Crippen LogP contribution in [0.25, 0.3) is 113 Å². The second kappa shape index (κ2) is 12.8. The van der Waals surface area contributed by atoms with Gasteiger partial charge in [0.15, 0.2) is 17.5 Å². The van der Waals surface area contributed by atoms with E-state index in [0.29, 0.717) is 17.5 Å². The predicted octanol–water partition coefficient (Wildman–Crippen LogP) is 14.4. The Balaban J connectivity index is 0.988. The van der Waals surface area contributed by atoms with Crippen LogP contribution in [0.3, 0.4) is 0 Å². The lowest BCUT2D eigenvalue weighted by molar-refractivity contribution is 1.07. The van der Waals surface area contributed by atoms with E-state index >= 15 is 0 Å². The number of thiophene rings is 2. The summed E-state index contributed by atoms with van der Waals surface area (Å²) in [7, 11) is 0. The maximum atomic E-state index is 4.99. The molecule has 266 valence electrons. The van der Waals surface area contributed by atoms with Gasteiger partial charge >= 0.3 is 0 Å². The Labute approximate surface area is 335 Å². The summed E-state index contributed by atoms with van der Waals surface area (Å²) >= 11 is 3.68. The van der Waals surface area contributed by atoms with Crippen LogP contribution >= 0.6 is 22.7 Å². The van der Waals surface area contributed by atoms with Gasteiger partial charge in [-0.05, 0) is 71.8 Å². The number of aromatic nitrogens is 4. The highest BCUT2D eigenvalue weighted by Gasteiger charge is 2.18. The summed E-state index contributed by atoms with van der Waals surface area (Å²) in [6.07, 6.45) is 0. The van der Waals surface area contributed by atoms with Crippen LogP contribution in [0.2, 0.25) is 0 Å². The average molecular weight is 763 g/mol. The van der Waals surface area contributed by atoms with Gasteiger partial charge in [-0.2, -0.15) is 0 Å². The fraction of sp³-hybridized carbons (Fsp3) is 0. The summed E-state index contributed by atoms with van der Waals surface area (Å²) in [6, 6.07) is 65.1. The predicted molar refractivity (Wildman–Crippen MR) is 242 cm³/mol. The maximum Gasteiger partial charge on any atom is 0.164 e. The first kappa shape index (κ1) is 32.3. The standard InChI is InChI=1S/C51H30N4S2/c1-4-12-31(13-5-1)49-52-50(32-14-6-2-7-15-32)54-51(53-49)35-20-23-38-41-27-34(22-25-46(41)57-47(38)28-35)33-21-24-43-39(26-33)40-30-48-42(37-18-10-11-19-45(37)56-48)29-44(40)55(43)36-16-8-3-9-17-36/h1-30H. The molecule has 0 N–H and O–H groups in total. The minimum absolute atomic E-state index is 0.664. The van der Waals surface area contributed by atoms with Crippen molar-refractivity contribution in [1.29, 1.82) is 0 Å². The fourth-order valence-electron chi connectivity index (χ4n) is 8.31. The molecule has 8 aromatic carbocycles. The van der Waals surface area contributed by atoms with E-state index in [1.807, 2.05) is 83.3 Å². The Kier molecular flexibility index (Phi) is 7.24. The van der Waals surface area contributed by atoms with Gasteiger partial charge in [0.1, 0.15) is 0 Å². The van der Waals surface area contributed by atoms with E-state index in [-0.39, 0.29) is 0 Å². The van der Waals surface area contributed by atoms with Crippen LogP contribution in [0.4, 0.5) is 0 Å². The number of hydrogen-bond donors (Lipinski definition) is 0. The molecule has 0 atom stereocenters. The number of nitrogens with zero attached hydrogens (tertiary/aromatic N) is 4. The zero-order valence-electron chi connectivity index (χ0n) is 30.4. The van der Waals surface area contributed by atoms with Gasteiger partial charge in [-0.15, -0.1) is 22.7 Å². The van der Waals surface area contributed by atoms with Gasteiger partial charge in [-0.25, -0.2) is 15.0 Å². The van der Waals surface area contributed by atoms with Crippen molar-refractivity contribution in [2.24, 2.45) is 0 Å². The highest BCUT2D eigenvalue weighted by molar-refractivity contribution is 7.26. The van der Waals surface area contributed by atoms with Gasteiger partial charge in [-0.1, -0.05) is 121 Å². The smallest absolute Gasteiger partial charge is 0.164 e. The van der Waals surface area contributed by atoms with E-state index in [1.54, 1.807) is 0 Å². The number of rotatable bonds is 5. The first-order valence-corrected chi connectivity index (χ1v) is 20.6. The molecule has 0 bridgehead atoms. The molecule has 0 saturated heterocycles. The Hall–Kier alpha value is -6.99. The summed E-state index contributed by atoms with van der Waals surface area (Å²) in [5, 5.41) is 7.64. The third kappa shape index (κ3) is 5.30. The second-order valence-electron chi connectivity index (χ2n) is 14.4. The third-order valence-electron chi connectivity index (χ3n) is 11.0. The van der Waals surface area contributed by atoms with Crippen LogP contribution in [-0.4, -0.2) is 19.5 Å². The number of para-hydroxylation sites is 1. The molecule has 0 aliphatic heterocycles. The largest absolute Gasteiger partial charge is 0.309 e. The van der Waals surface area contributed by atoms with Gasteiger partial charge in [0.05, 0.1) is 11.0 Å². The van der Waals surface area contributed by atoms with Gasteiger partial charge in [0.25, 0.3) is 0 Å². The SMILES string of the molecule is c1ccc(-c2nc(-c3ccccc3)nc(-c3ccc4c(c3)sc3ccc(-c5ccc6c(c5)c5cc7sc8ccccc8c7cc5n6-c5ccccc5)cc34)n2)cc1. The molecule has 57 heavy (non-hydrogen) atoms. The molecule has 0 aliphatic carbocycles. The van der Waals surface area contributed by atoms with Crippen LogP contribution < -0.4 is 0 Å². The summed E-state index contributed by atoms with van der Waals surface area (Å²) < 4.78 is 7.52. The summed E-state index contributed by atoms with van der Waals surface area (Å²) in [5.74, 6) is 1.99. The summed E-state index contributed by atoms with van der Waals surface area (Å²) in [6.45, 7) is 0. The molecule has 0 spiro atoms. The molecule has 0 amide bonds. The Bertz CT molecular complexity index is 3450. The quantitative estimate of drug-likeness (QED) is 0.175. The van der Waals surface area contributed by atoms with Crippen molar-refractivity contribution in [3.8, 4) is 51.0 Å². The van der Waals surface area contributed by atoms with Crippen LogP contribution in [-0.2, 0) is 0 Å². The van der Waals surface area contributed by atoms with E-state index in [9.17, 15) is 0 Å². The molecule has 0 aliphatic rings.